The summed E-state index contributed by atoms with van der Waals surface area (Å²) in [4.78, 5) is 29.9. The van der Waals surface area contributed by atoms with Crippen molar-refractivity contribution in [1.29, 1.82) is 0 Å². The Morgan fingerprint density at radius 2 is 2.05 bits per heavy atom. The minimum atomic E-state index is -0.420. The lowest BCUT2D eigenvalue weighted by atomic mass is 10.0. The van der Waals surface area contributed by atoms with Crippen LogP contribution >= 0.6 is 11.6 Å². The Hall–Kier alpha value is -1.88. The molecule has 2 unspecified atom stereocenters. The average Bonchev–Trinajstić information content (AvgIpc) is 2.85. The average molecular weight is 306 g/mol. The van der Waals surface area contributed by atoms with Crippen molar-refractivity contribution in [3.63, 3.8) is 0 Å². The Morgan fingerprint density at radius 3 is 2.76 bits per heavy atom. The van der Waals surface area contributed by atoms with Crippen LogP contribution in [0.2, 0.25) is 0 Å². The number of piperidine rings is 1. The summed E-state index contributed by atoms with van der Waals surface area (Å²) < 4.78 is 1.89. The van der Waals surface area contributed by atoms with Crippen LogP contribution in [0, 0.1) is 0 Å². The zero-order valence-electron chi connectivity index (χ0n) is 11.9. The minimum absolute atomic E-state index is 0.138. The first-order valence-electron chi connectivity index (χ1n) is 6.92. The maximum Gasteiger partial charge on any atom is 0.252 e. The number of hydrogen-bond acceptors (Lipinski definition) is 3. The van der Waals surface area contributed by atoms with Gasteiger partial charge in [0.25, 0.3) is 5.91 Å². The minimum Gasteiger partial charge on any atom is -0.314 e. The molecule has 1 aromatic heterocycles. The van der Waals surface area contributed by atoms with Gasteiger partial charge < -0.3 is 4.57 Å². The molecule has 2 amide bonds. The number of fused-ring (bicyclic) bond motifs is 1. The van der Waals surface area contributed by atoms with E-state index in [-0.39, 0.29) is 17.2 Å². The van der Waals surface area contributed by atoms with Gasteiger partial charge in [-0.2, -0.15) is 0 Å². The molecule has 6 heteroatoms. The number of amides is 2. The van der Waals surface area contributed by atoms with Crippen LogP contribution < -0.4 is 0 Å². The second-order valence-electron chi connectivity index (χ2n) is 5.29. The lowest BCUT2D eigenvalue weighted by Gasteiger charge is -2.30. The van der Waals surface area contributed by atoms with Crippen molar-refractivity contribution in [3.05, 3.63) is 30.1 Å². The standard InChI is InChI=1S/C15H16ClN3O2/c1-9(16)14-17-10-5-3-4-6-11(10)19(14)12-7-8-13(20)18(2)15(12)21/h3-6,9,12H,7-8H2,1-2H3. The van der Waals surface area contributed by atoms with Crippen molar-refractivity contribution in [3.8, 4) is 0 Å². The molecule has 2 heterocycles. The number of para-hydroxylation sites is 2. The highest BCUT2D eigenvalue weighted by atomic mass is 35.5. The molecule has 1 saturated heterocycles. The second-order valence-corrected chi connectivity index (χ2v) is 5.94. The van der Waals surface area contributed by atoms with Gasteiger partial charge in [-0.25, -0.2) is 4.98 Å². The number of carbonyl (C=O) groups excluding carboxylic acids is 2. The molecular weight excluding hydrogens is 290 g/mol. The van der Waals surface area contributed by atoms with Crippen molar-refractivity contribution in [2.45, 2.75) is 31.2 Å². The van der Waals surface area contributed by atoms with Crippen LogP contribution in [0.15, 0.2) is 24.3 Å². The quantitative estimate of drug-likeness (QED) is 0.633. The highest BCUT2D eigenvalue weighted by molar-refractivity contribution is 6.20. The Balaban J connectivity index is 2.17. The number of hydrogen-bond donors (Lipinski definition) is 0. The van der Waals surface area contributed by atoms with E-state index in [4.69, 9.17) is 11.6 Å². The topological polar surface area (TPSA) is 55.2 Å². The molecule has 0 radical (unpaired) electrons. The van der Waals surface area contributed by atoms with Crippen molar-refractivity contribution >= 4 is 34.4 Å². The summed E-state index contributed by atoms with van der Waals surface area (Å²) in [5.41, 5.74) is 1.69. The van der Waals surface area contributed by atoms with Crippen LogP contribution in [0.25, 0.3) is 11.0 Å². The zero-order chi connectivity index (χ0) is 15.1. The number of alkyl halides is 1. The number of aromatic nitrogens is 2. The molecule has 1 aliphatic heterocycles. The van der Waals surface area contributed by atoms with E-state index in [2.05, 4.69) is 4.98 Å². The summed E-state index contributed by atoms with van der Waals surface area (Å²) in [6.45, 7) is 1.83. The molecule has 1 aromatic carbocycles. The summed E-state index contributed by atoms with van der Waals surface area (Å²) in [6, 6.07) is 7.22. The van der Waals surface area contributed by atoms with Crippen molar-refractivity contribution < 1.29 is 9.59 Å². The summed E-state index contributed by atoms with van der Waals surface area (Å²) in [5, 5.41) is -0.312. The number of nitrogens with zero attached hydrogens (tertiary/aromatic N) is 3. The van der Waals surface area contributed by atoms with Crippen LogP contribution in [0.4, 0.5) is 0 Å². The predicted octanol–water partition coefficient (Wildman–Crippen LogP) is 2.66. The smallest absolute Gasteiger partial charge is 0.252 e. The van der Waals surface area contributed by atoms with E-state index in [0.29, 0.717) is 18.7 Å². The SMILES string of the molecule is CC(Cl)c1nc2ccccc2n1C1CCC(=O)N(C)C1=O. The Morgan fingerprint density at radius 1 is 1.33 bits per heavy atom. The fraction of sp³-hybridized carbons (Fsp3) is 0.400. The third-order valence-electron chi connectivity index (χ3n) is 3.91. The molecule has 2 aromatic rings. The number of imidazole rings is 1. The third kappa shape index (κ3) is 2.21. The van der Waals surface area contributed by atoms with Crippen LogP contribution in [-0.2, 0) is 9.59 Å². The number of imide groups is 1. The van der Waals surface area contributed by atoms with Gasteiger partial charge in [0.2, 0.25) is 5.91 Å². The largest absolute Gasteiger partial charge is 0.314 e. The van der Waals surface area contributed by atoms with E-state index in [1.54, 1.807) is 0 Å². The molecule has 0 saturated carbocycles. The van der Waals surface area contributed by atoms with Gasteiger partial charge >= 0.3 is 0 Å². The number of halogens is 1. The van der Waals surface area contributed by atoms with Crippen molar-refractivity contribution in [2.24, 2.45) is 0 Å². The van der Waals surface area contributed by atoms with Gasteiger partial charge in [0.1, 0.15) is 11.9 Å². The molecule has 5 nitrogen and oxygen atoms in total. The lowest BCUT2D eigenvalue weighted by molar-refractivity contribution is -0.149. The van der Waals surface area contributed by atoms with Crippen LogP contribution in [-0.4, -0.2) is 33.3 Å². The number of likely N-dealkylation sites (N-methyl/N-ethyl adjacent to an activating group) is 1. The van der Waals surface area contributed by atoms with E-state index in [1.165, 1.54) is 11.9 Å². The molecule has 0 N–H and O–H groups in total. The van der Waals surface area contributed by atoms with E-state index in [9.17, 15) is 9.59 Å². The number of benzene rings is 1. The normalized spacial score (nSPS) is 21.1. The maximum atomic E-state index is 12.5. The Labute approximate surface area is 127 Å². The number of rotatable bonds is 2. The van der Waals surface area contributed by atoms with E-state index in [1.807, 2.05) is 35.8 Å². The maximum absolute atomic E-state index is 12.5. The predicted molar refractivity (Wildman–Crippen MR) is 80.0 cm³/mol. The van der Waals surface area contributed by atoms with Crippen molar-refractivity contribution in [1.82, 2.24) is 14.5 Å². The Bertz CT molecular complexity index is 723. The zero-order valence-corrected chi connectivity index (χ0v) is 12.7. The molecule has 110 valence electrons. The van der Waals surface area contributed by atoms with Gasteiger partial charge in [-0.1, -0.05) is 12.1 Å². The molecule has 21 heavy (non-hydrogen) atoms. The first kappa shape index (κ1) is 14.1. The molecule has 0 spiro atoms. The highest BCUT2D eigenvalue weighted by Crippen LogP contribution is 2.32. The van der Waals surface area contributed by atoms with Crippen molar-refractivity contribution in [2.75, 3.05) is 7.05 Å². The van der Waals surface area contributed by atoms with Crippen LogP contribution in [0.3, 0.4) is 0 Å². The van der Waals surface area contributed by atoms with E-state index < -0.39 is 6.04 Å². The number of likely N-dealkylation sites (tertiary alicyclic amines) is 1. The molecule has 1 aliphatic rings. The summed E-state index contributed by atoms with van der Waals surface area (Å²) in [6.07, 6.45) is 0.842. The molecule has 0 aliphatic carbocycles. The van der Waals surface area contributed by atoms with Crippen LogP contribution in [0.1, 0.15) is 37.0 Å². The van der Waals surface area contributed by atoms with Crippen LogP contribution in [0.5, 0.6) is 0 Å². The van der Waals surface area contributed by atoms with Gasteiger partial charge in [0.15, 0.2) is 0 Å². The lowest BCUT2D eigenvalue weighted by Crippen LogP contribution is -2.43. The van der Waals surface area contributed by atoms with Gasteiger partial charge in [-0.15, -0.1) is 11.6 Å². The first-order chi connectivity index (χ1) is 10.0. The monoisotopic (exact) mass is 305 g/mol. The summed E-state index contributed by atoms with van der Waals surface area (Å²) in [7, 11) is 1.53. The molecule has 0 bridgehead atoms. The van der Waals surface area contributed by atoms with Gasteiger partial charge in [-0.3, -0.25) is 14.5 Å². The highest BCUT2D eigenvalue weighted by Gasteiger charge is 2.35. The number of carbonyl (C=O) groups is 2. The Kier molecular flexibility index (Phi) is 3.45. The summed E-state index contributed by atoms with van der Waals surface area (Å²) >= 11 is 6.24. The van der Waals surface area contributed by atoms with E-state index in [0.717, 1.165) is 11.0 Å². The first-order valence-corrected chi connectivity index (χ1v) is 7.35. The van der Waals surface area contributed by atoms with E-state index >= 15 is 0 Å². The third-order valence-corrected chi connectivity index (χ3v) is 4.11. The summed E-state index contributed by atoms with van der Waals surface area (Å²) in [5.74, 6) is 0.327. The van der Waals surface area contributed by atoms with Gasteiger partial charge in [-0.05, 0) is 25.5 Å². The molecular formula is C15H16ClN3O2. The van der Waals surface area contributed by atoms with Gasteiger partial charge in [0, 0.05) is 13.5 Å². The second kappa shape index (κ2) is 5.15. The molecule has 2 atom stereocenters. The molecule has 3 rings (SSSR count). The fourth-order valence-electron chi connectivity index (χ4n) is 2.81. The fourth-order valence-corrected chi connectivity index (χ4v) is 2.96. The van der Waals surface area contributed by atoms with Gasteiger partial charge in [0.05, 0.1) is 16.4 Å². The molecule has 1 fully saturated rings.